The van der Waals surface area contributed by atoms with Gasteiger partial charge in [0, 0.05) is 42.6 Å². The molecule has 0 aromatic carbocycles. The minimum Gasteiger partial charge on any atom is -0.309 e. The van der Waals surface area contributed by atoms with Crippen LogP contribution in [0.4, 0.5) is 0 Å². The maximum absolute atomic E-state index is 13.5. The average molecular weight is 497 g/mol. The van der Waals surface area contributed by atoms with Crippen LogP contribution >= 0.6 is 45.3 Å². The first-order chi connectivity index (χ1) is 15.2. The van der Waals surface area contributed by atoms with Crippen molar-refractivity contribution in [3.63, 3.8) is 0 Å². The molecule has 2 amide bonds. The van der Waals surface area contributed by atoms with Gasteiger partial charge in [0.2, 0.25) is 0 Å². The summed E-state index contributed by atoms with van der Waals surface area (Å²) in [5.74, 6) is -0.200. The molecule has 32 heavy (non-hydrogen) atoms. The second kappa shape index (κ2) is 6.63. The number of hydrogen-bond acceptors (Lipinski definition) is 6. The van der Waals surface area contributed by atoms with E-state index in [0.29, 0.717) is 11.1 Å². The van der Waals surface area contributed by atoms with Gasteiger partial charge in [0.15, 0.2) is 0 Å². The fourth-order valence-corrected chi connectivity index (χ4v) is 9.75. The van der Waals surface area contributed by atoms with E-state index < -0.39 is 0 Å². The molecular weight excluding hydrogens is 477 g/mol. The molecule has 0 fully saturated rings. The summed E-state index contributed by atoms with van der Waals surface area (Å²) in [6.45, 7) is 8.55. The Hall–Kier alpha value is -2.26. The molecule has 2 aliphatic rings. The molecule has 2 aliphatic heterocycles. The van der Waals surface area contributed by atoms with Crippen LogP contribution in [0.2, 0.25) is 0 Å². The molecule has 0 aliphatic carbocycles. The zero-order chi connectivity index (χ0) is 22.6. The van der Waals surface area contributed by atoms with E-state index in [1.807, 2.05) is 0 Å². The Labute approximate surface area is 201 Å². The normalized spacial score (nSPS) is 16.8. The smallest absolute Gasteiger partial charge is 0.261 e. The third kappa shape index (κ3) is 2.46. The number of carbonyl (C=O) groups excluding carboxylic acids is 2. The van der Waals surface area contributed by atoms with Crippen LogP contribution in [0.15, 0.2) is 23.3 Å². The average Bonchev–Trinajstić information content (AvgIpc) is 3.54. The van der Waals surface area contributed by atoms with E-state index in [1.165, 1.54) is 39.7 Å². The van der Waals surface area contributed by atoms with Crippen LogP contribution in [0, 0.1) is 27.7 Å². The van der Waals surface area contributed by atoms with E-state index in [-0.39, 0.29) is 11.8 Å². The number of carbonyl (C=O) groups is 2. The van der Waals surface area contributed by atoms with Crippen molar-refractivity contribution in [2.24, 2.45) is 0 Å². The fourth-order valence-electron chi connectivity index (χ4n) is 4.56. The monoisotopic (exact) mass is 496 g/mol. The molecule has 0 radical (unpaired) electrons. The molecule has 0 spiro atoms. The van der Waals surface area contributed by atoms with Crippen molar-refractivity contribution in [2.45, 2.75) is 27.7 Å². The first-order valence-electron chi connectivity index (χ1n) is 10.2. The third-order valence-electron chi connectivity index (χ3n) is 6.56. The van der Waals surface area contributed by atoms with Crippen LogP contribution in [-0.4, -0.2) is 35.7 Å². The Balaban J connectivity index is 1.59. The molecule has 6 heterocycles. The number of amides is 2. The van der Waals surface area contributed by atoms with E-state index in [1.54, 1.807) is 69.2 Å². The first-order valence-corrected chi connectivity index (χ1v) is 13.5. The molecule has 162 valence electrons. The van der Waals surface area contributed by atoms with Gasteiger partial charge in [0.05, 0.1) is 32.3 Å². The molecule has 0 atom stereocenters. The van der Waals surface area contributed by atoms with E-state index >= 15 is 0 Å². The van der Waals surface area contributed by atoms with Crippen LogP contribution in [0.25, 0.3) is 30.2 Å². The highest BCUT2D eigenvalue weighted by Gasteiger charge is 2.47. The Kier molecular flexibility index (Phi) is 4.22. The van der Waals surface area contributed by atoms with Gasteiger partial charge in [-0.1, -0.05) is 0 Å². The lowest BCUT2D eigenvalue weighted by Gasteiger charge is -2.18. The maximum Gasteiger partial charge on any atom is 0.261 e. The molecule has 8 heteroatoms. The number of nitrogens with zero attached hydrogens (tertiary/aromatic N) is 2. The van der Waals surface area contributed by atoms with Gasteiger partial charge in [-0.05, 0) is 51.0 Å². The van der Waals surface area contributed by atoms with Gasteiger partial charge in [-0.15, -0.1) is 45.3 Å². The van der Waals surface area contributed by atoms with Crippen molar-refractivity contribution >= 4 is 87.4 Å². The summed E-state index contributed by atoms with van der Waals surface area (Å²) in [6.07, 6.45) is 0. The molecule has 0 unspecified atom stereocenters. The van der Waals surface area contributed by atoms with Crippen molar-refractivity contribution in [3.8, 4) is 0 Å². The maximum atomic E-state index is 13.5. The number of rotatable bonds is 2. The van der Waals surface area contributed by atoms with Gasteiger partial charge in [0.1, 0.15) is 0 Å². The highest BCUT2D eigenvalue weighted by atomic mass is 32.1. The van der Waals surface area contributed by atoms with E-state index in [2.05, 4.69) is 39.8 Å². The van der Waals surface area contributed by atoms with Gasteiger partial charge < -0.3 is 9.80 Å². The third-order valence-corrected chi connectivity index (χ3v) is 11.6. The van der Waals surface area contributed by atoms with Crippen LogP contribution in [0.5, 0.6) is 0 Å². The largest absolute Gasteiger partial charge is 0.309 e. The second-order valence-corrected chi connectivity index (χ2v) is 13.0. The van der Waals surface area contributed by atoms with Gasteiger partial charge in [-0.3, -0.25) is 9.59 Å². The Bertz CT molecular complexity index is 1470. The molecular formula is C24H20N2O2S4. The number of fused-ring (bicyclic) bond motifs is 3. The summed E-state index contributed by atoms with van der Waals surface area (Å²) < 4.78 is 4.93. The zero-order valence-electron chi connectivity index (χ0n) is 18.5. The summed E-state index contributed by atoms with van der Waals surface area (Å²) in [5, 5.41) is 0. The topological polar surface area (TPSA) is 40.6 Å². The Morgan fingerprint density at radius 2 is 1.00 bits per heavy atom. The predicted molar refractivity (Wildman–Crippen MR) is 138 cm³/mol. The molecule has 0 saturated heterocycles. The molecule has 0 saturated carbocycles. The van der Waals surface area contributed by atoms with E-state index in [4.69, 9.17) is 0 Å². The van der Waals surface area contributed by atoms with E-state index in [9.17, 15) is 9.59 Å². The quantitative estimate of drug-likeness (QED) is 0.316. The summed E-state index contributed by atoms with van der Waals surface area (Å²) in [6, 6.07) is 4.27. The molecule has 4 aromatic rings. The number of thiophene rings is 4. The summed E-state index contributed by atoms with van der Waals surface area (Å²) in [7, 11) is 3.57. The predicted octanol–water partition coefficient (Wildman–Crippen LogP) is 6.54. The molecule has 4 nitrogen and oxygen atoms in total. The van der Waals surface area contributed by atoms with Crippen LogP contribution < -0.4 is 0 Å². The van der Waals surface area contributed by atoms with Gasteiger partial charge in [-0.25, -0.2) is 0 Å². The number of likely N-dealkylation sites (N-methyl/N-ethyl adjacent to an activating group) is 2. The first kappa shape index (κ1) is 20.4. The van der Waals surface area contributed by atoms with Crippen molar-refractivity contribution in [1.82, 2.24) is 9.80 Å². The minimum absolute atomic E-state index is 0.1000. The summed E-state index contributed by atoms with van der Waals surface area (Å²) >= 11 is 6.89. The van der Waals surface area contributed by atoms with Crippen molar-refractivity contribution in [1.29, 1.82) is 0 Å². The zero-order valence-corrected chi connectivity index (χ0v) is 21.8. The summed E-state index contributed by atoms with van der Waals surface area (Å²) in [4.78, 5) is 34.8. The summed E-state index contributed by atoms with van der Waals surface area (Å²) in [5.41, 5.74) is 5.15. The fraction of sp³-hybridized carbons (Fsp3) is 0.250. The lowest BCUT2D eigenvalue weighted by atomic mass is 10.1. The van der Waals surface area contributed by atoms with Crippen molar-refractivity contribution in [2.75, 3.05) is 14.1 Å². The molecule has 0 N–H and O–H groups in total. The van der Waals surface area contributed by atoms with Crippen LogP contribution in [0.1, 0.15) is 30.6 Å². The number of aryl methyl sites for hydroxylation is 4. The van der Waals surface area contributed by atoms with E-state index in [0.717, 1.165) is 21.1 Å². The van der Waals surface area contributed by atoms with Crippen LogP contribution in [0.3, 0.4) is 0 Å². The second-order valence-electron chi connectivity index (χ2n) is 8.35. The SMILES string of the molecule is Cc1sc2cc(C3=C4C(=O)N(C)C(c5cc6sc(C)c(C)c6s5)=C4C(=O)N3C)sc2c1C. The Morgan fingerprint density at radius 1 is 0.625 bits per heavy atom. The molecule has 0 bridgehead atoms. The van der Waals surface area contributed by atoms with Gasteiger partial charge in [0.25, 0.3) is 11.8 Å². The molecule has 4 aromatic heterocycles. The van der Waals surface area contributed by atoms with Crippen molar-refractivity contribution < 1.29 is 9.59 Å². The van der Waals surface area contributed by atoms with Gasteiger partial charge >= 0.3 is 0 Å². The number of hydrogen-bond donors (Lipinski definition) is 0. The molecule has 6 rings (SSSR count). The lowest BCUT2D eigenvalue weighted by Crippen LogP contribution is -2.24. The van der Waals surface area contributed by atoms with Crippen LogP contribution in [-0.2, 0) is 9.59 Å². The standard InChI is InChI=1S/C24H20N2O2S4/c1-9-11(3)29-15-7-13(31-21(9)15)19-17-18(24(28)25(19)5)20(26(6)23(17)27)14-8-16-22(32-14)10(2)12(4)30-16/h7-8H,1-6H3. The minimum atomic E-state index is -0.1000. The van der Waals surface area contributed by atoms with Gasteiger partial charge in [-0.2, -0.15) is 0 Å². The highest BCUT2D eigenvalue weighted by molar-refractivity contribution is 7.29. The Morgan fingerprint density at radius 3 is 1.34 bits per heavy atom. The lowest BCUT2D eigenvalue weighted by molar-refractivity contribution is -0.123. The van der Waals surface area contributed by atoms with Crippen molar-refractivity contribution in [3.05, 3.63) is 53.9 Å². The highest BCUT2D eigenvalue weighted by Crippen LogP contribution is 2.50.